The summed E-state index contributed by atoms with van der Waals surface area (Å²) in [5.74, 6) is 2.48. The van der Waals surface area contributed by atoms with Crippen molar-refractivity contribution in [2.24, 2.45) is 5.10 Å². The van der Waals surface area contributed by atoms with Gasteiger partial charge in [0, 0.05) is 27.6 Å². The average molecular weight is 449 g/mol. The SMILES string of the molecule is Brc1ccc(C2Oc3ccccc3C3CC(c4ccc5c(c4)OCO5)=NN32)cc1. The minimum atomic E-state index is -0.269. The van der Waals surface area contributed by atoms with Gasteiger partial charge in [0.2, 0.25) is 13.0 Å². The van der Waals surface area contributed by atoms with E-state index in [4.69, 9.17) is 19.3 Å². The number of rotatable bonds is 2. The molecule has 2 atom stereocenters. The van der Waals surface area contributed by atoms with Crippen LogP contribution < -0.4 is 14.2 Å². The van der Waals surface area contributed by atoms with E-state index in [1.54, 1.807) is 0 Å². The first-order chi connectivity index (χ1) is 14.3. The lowest BCUT2D eigenvalue weighted by molar-refractivity contribution is -0.0190. The minimum Gasteiger partial charge on any atom is -0.464 e. The number of benzene rings is 3. The van der Waals surface area contributed by atoms with Crippen molar-refractivity contribution in [3.05, 3.63) is 87.9 Å². The Morgan fingerprint density at radius 2 is 1.72 bits per heavy atom. The van der Waals surface area contributed by atoms with Gasteiger partial charge in [0.15, 0.2) is 11.5 Å². The van der Waals surface area contributed by atoms with Crippen LogP contribution in [0.3, 0.4) is 0 Å². The van der Waals surface area contributed by atoms with Gasteiger partial charge >= 0.3 is 0 Å². The van der Waals surface area contributed by atoms with Crippen molar-refractivity contribution in [2.45, 2.75) is 18.7 Å². The summed E-state index contributed by atoms with van der Waals surface area (Å²) in [6.07, 6.45) is 0.544. The molecule has 0 aliphatic carbocycles. The second-order valence-corrected chi connectivity index (χ2v) is 8.19. The molecule has 0 spiro atoms. The summed E-state index contributed by atoms with van der Waals surface area (Å²) in [5.41, 5.74) is 4.31. The molecule has 0 saturated heterocycles. The molecule has 0 bridgehead atoms. The maximum absolute atomic E-state index is 6.39. The van der Waals surface area contributed by atoms with Crippen molar-refractivity contribution >= 4 is 21.6 Å². The molecule has 0 N–H and O–H groups in total. The van der Waals surface area contributed by atoms with Gasteiger partial charge in [-0.3, -0.25) is 0 Å². The summed E-state index contributed by atoms with van der Waals surface area (Å²) in [5, 5.41) is 7.09. The number of hydrazone groups is 1. The molecular formula is C23H17BrN2O3. The molecule has 0 radical (unpaired) electrons. The van der Waals surface area contributed by atoms with E-state index in [1.165, 1.54) is 5.56 Å². The Morgan fingerprint density at radius 1 is 0.897 bits per heavy atom. The summed E-state index contributed by atoms with van der Waals surface area (Å²) in [6, 6.07) is 22.6. The highest BCUT2D eigenvalue weighted by Crippen LogP contribution is 2.47. The van der Waals surface area contributed by atoms with Gasteiger partial charge in [-0.05, 0) is 36.4 Å². The highest BCUT2D eigenvalue weighted by atomic mass is 79.9. The number of ether oxygens (including phenoxy) is 3. The first-order valence-corrected chi connectivity index (χ1v) is 10.3. The molecule has 5 nitrogen and oxygen atoms in total. The predicted molar refractivity (Wildman–Crippen MR) is 112 cm³/mol. The number of para-hydroxylation sites is 1. The standard InChI is InChI=1S/C23H17BrN2O3/c24-16-8-5-14(6-9-16)23-26-19(17-3-1-2-4-20(17)29-23)12-18(25-26)15-7-10-21-22(11-15)28-13-27-21/h1-11,19,23H,12-13H2. The quantitative estimate of drug-likeness (QED) is 0.524. The van der Waals surface area contributed by atoms with Gasteiger partial charge in [-0.1, -0.05) is 46.3 Å². The fraction of sp³-hybridized carbons (Fsp3) is 0.174. The van der Waals surface area contributed by atoms with Crippen LogP contribution in [0.25, 0.3) is 0 Å². The first-order valence-electron chi connectivity index (χ1n) is 9.53. The van der Waals surface area contributed by atoms with Crippen LogP contribution in [-0.4, -0.2) is 17.5 Å². The molecule has 6 rings (SSSR count). The lowest BCUT2D eigenvalue weighted by Crippen LogP contribution is -2.33. The third-order valence-corrected chi connectivity index (χ3v) is 6.09. The van der Waals surface area contributed by atoms with Gasteiger partial charge in [-0.25, -0.2) is 5.01 Å². The number of hydrogen-bond acceptors (Lipinski definition) is 5. The van der Waals surface area contributed by atoms with Gasteiger partial charge in [-0.2, -0.15) is 5.10 Å². The van der Waals surface area contributed by atoms with Gasteiger partial charge in [0.05, 0.1) is 11.8 Å². The Hall–Kier alpha value is -2.99. The Kier molecular flexibility index (Phi) is 3.81. The maximum atomic E-state index is 6.39. The van der Waals surface area contributed by atoms with Crippen LogP contribution in [-0.2, 0) is 0 Å². The molecule has 0 fully saturated rings. The Morgan fingerprint density at radius 3 is 2.62 bits per heavy atom. The van der Waals surface area contributed by atoms with Gasteiger partial charge in [-0.15, -0.1) is 0 Å². The molecule has 0 aromatic heterocycles. The van der Waals surface area contributed by atoms with Crippen LogP contribution in [0.4, 0.5) is 0 Å². The normalized spacial score (nSPS) is 21.3. The van der Waals surface area contributed by atoms with E-state index in [9.17, 15) is 0 Å². The van der Waals surface area contributed by atoms with Gasteiger partial charge in [0.1, 0.15) is 5.75 Å². The Bertz CT molecular complexity index is 1130. The summed E-state index contributed by atoms with van der Waals surface area (Å²) in [7, 11) is 0. The van der Waals surface area contributed by atoms with Crippen LogP contribution >= 0.6 is 15.9 Å². The highest BCUT2D eigenvalue weighted by molar-refractivity contribution is 9.10. The zero-order chi connectivity index (χ0) is 19.4. The van der Waals surface area contributed by atoms with E-state index in [0.717, 1.165) is 45.0 Å². The minimum absolute atomic E-state index is 0.133. The molecule has 3 aromatic rings. The van der Waals surface area contributed by atoms with E-state index in [-0.39, 0.29) is 19.1 Å². The molecule has 0 amide bonds. The zero-order valence-electron chi connectivity index (χ0n) is 15.4. The smallest absolute Gasteiger partial charge is 0.231 e. The zero-order valence-corrected chi connectivity index (χ0v) is 17.0. The summed E-state index contributed by atoms with van der Waals surface area (Å²) in [6.45, 7) is 0.271. The Balaban J connectivity index is 1.42. The fourth-order valence-electron chi connectivity index (χ4n) is 4.13. The summed E-state index contributed by atoms with van der Waals surface area (Å²) in [4.78, 5) is 0. The van der Waals surface area contributed by atoms with E-state index in [1.807, 2.05) is 42.5 Å². The van der Waals surface area contributed by atoms with Crippen LogP contribution in [0.2, 0.25) is 0 Å². The van der Waals surface area contributed by atoms with Crippen molar-refractivity contribution in [3.63, 3.8) is 0 Å². The molecular weight excluding hydrogens is 432 g/mol. The van der Waals surface area contributed by atoms with E-state index < -0.39 is 0 Å². The molecule has 3 aromatic carbocycles. The molecule has 2 unspecified atom stereocenters. The summed E-state index contributed by atoms with van der Waals surface area (Å²) < 4.78 is 18.4. The summed E-state index contributed by atoms with van der Waals surface area (Å²) >= 11 is 3.51. The molecule has 3 aliphatic heterocycles. The van der Waals surface area contributed by atoms with Crippen LogP contribution in [0.5, 0.6) is 17.2 Å². The average Bonchev–Trinajstić information content (AvgIpc) is 3.40. The van der Waals surface area contributed by atoms with Crippen molar-refractivity contribution in [1.82, 2.24) is 5.01 Å². The highest BCUT2D eigenvalue weighted by Gasteiger charge is 2.41. The fourth-order valence-corrected chi connectivity index (χ4v) is 4.40. The first kappa shape index (κ1) is 16.9. The number of hydrogen-bond donors (Lipinski definition) is 0. The second kappa shape index (κ2) is 6.52. The van der Waals surface area contributed by atoms with Crippen molar-refractivity contribution in [3.8, 4) is 17.2 Å². The van der Waals surface area contributed by atoms with Crippen molar-refractivity contribution in [1.29, 1.82) is 0 Å². The maximum Gasteiger partial charge on any atom is 0.231 e. The second-order valence-electron chi connectivity index (χ2n) is 7.27. The number of fused-ring (bicyclic) bond motifs is 4. The van der Waals surface area contributed by atoms with E-state index in [2.05, 4.69) is 45.2 Å². The topological polar surface area (TPSA) is 43.3 Å². The van der Waals surface area contributed by atoms with Gasteiger partial charge in [0.25, 0.3) is 0 Å². The molecule has 29 heavy (non-hydrogen) atoms. The number of halogens is 1. The molecule has 6 heteroatoms. The number of nitrogens with zero attached hydrogens (tertiary/aromatic N) is 2. The lowest BCUT2D eigenvalue weighted by Gasteiger charge is -2.38. The van der Waals surface area contributed by atoms with Crippen LogP contribution in [0.15, 0.2) is 76.3 Å². The lowest BCUT2D eigenvalue weighted by atomic mass is 9.96. The van der Waals surface area contributed by atoms with E-state index >= 15 is 0 Å². The van der Waals surface area contributed by atoms with Gasteiger partial charge < -0.3 is 14.2 Å². The van der Waals surface area contributed by atoms with E-state index in [0.29, 0.717) is 0 Å². The monoisotopic (exact) mass is 448 g/mol. The predicted octanol–water partition coefficient (Wildman–Crippen LogP) is 5.42. The van der Waals surface area contributed by atoms with Crippen LogP contribution in [0.1, 0.15) is 35.4 Å². The largest absolute Gasteiger partial charge is 0.464 e. The molecule has 3 aliphatic rings. The van der Waals surface area contributed by atoms with Crippen molar-refractivity contribution in [2.75, 3.05) is 6.79 Å². The third kappa shape index (κ3) is 2.78. The van der Waals surface area contributed by atoms with Crippen molar-refractivity contribution < 1.29 is 14.2 Å². The molecule has 3 heterocycles. The Labute approximate surface area is 176 Å². The van der Waals surface area contributed by atoms with Crippen LogP contribution in [0, 0.1) is 0 Å². The third-order valence-electron chi connectivity index (χ3n) is 5.56. The molecule has 144 valence electrons. The molecule has 0 saturated carbocycles.